The molecule has 0 spiro atoms. The van der Waals surface area contributed by atoms with E-state index in [-0.39, 0.29) is 0 Å². The summed E-state index contributed by atoms with van der Waals surface area (Å²) in [7, 11) is 0. The summed E-state index contributed by atoms with van der Waals surface area (Å²) >= 11 is 0. The van der Waals surface area contributed by atoms with Crippen LogP contribution < -0.4 is 11.1 Å². The number of nitrogens with one attached hydrogen (secondary N) is 1. The Morgan fingerprint density at radius 2 is 2.00 bits per heavy atom. The minimum absolute atomic E-state index is 0.524. The topological polar surface area (TPSA) is 68.8 Å². The van der Waals surface area contributed by atoms with Gasteiger partial charge in [0.05, 0.1) is 17.4 Å². The van der Waals surface area contributed by atoms with Gasteiger partial charge in [-0.2, -0.15) is 5.10 Å². The van der Waals surface area contributed by atoms with Gasteiger partial charge in [-0.3, -0.25) is 4.68 Å². The van der Waals surface area contributed by atoms with Gasteiger partial charge in [0.1, 0.15) is 5.82 Å². The number of anilines is 1. The number of nitrogens with zero attached hydrogens (tertiary/aromatic N) is 3. The highest BCUT2D eigenvalue weighted by Crippen LogP contribution is 2.45. The van der Waals surface area contributed by atoms with E-state index in [2.05, 4.69) is 34.4 Å². The molecular formula is C20H27N5. The number of hydrogen-bond acceptors (Lipinski definition) is 4. The lowest BCUT2D eigenvalue weighted by molar-refractivity contribution is 0.189. The van der Waals surface area contributed by atoms with Gasteiger partial charge < -0.3 is 11.1 Å². The van der Waals surface area contributed by atoms with Crippen molar-refractivity contribution >= 4 is 5.82 Å². The predicted molar refractivity (Wildman–Crippen MR) is 99.5 cm³/mol. The zero-order valence-corrected chi connectivity index (χ0v) is 14.7. The molecule has 5 rings (SSSR count). The van der Waals surface area contributed by atoms with E-state index in [4.69, 9.17) is 15.8 Å². The Bertz CT molecular complexity index is 753. The Hall–Kier alpha value is -1.88. The van der Waals surface area contributed by atoms with Crippen molar-refractivity contribution in [1.82, 2.24) is 14.8 Å². The van der Waals surface area contributed by atoms with Gasteiger partial charge >= 0.3 is 0 Å². The minimum atomic E-state index is 0.524. The molecule has 0 saturated heterocycles. The van der Waals surface area contributed by atoms with Crippen molar-refractivity contribution in [3.05, 3.63) is 30.1 Å². The van der Waals surface area contributed by atoms with Crippen LogP contribution >= 0.6 is 0 Å². The van der Waals surface area contributed by atoms with Gasteiger partial charge in [0.2, 0.25) is 0 Å². The van der Waals surface area contributed by atoms with Crippen molar-refractivity contribution in [1.29, 1.82) is 0 Å². The molecule has 2 aromatic rings. The largest absolute Gasteiger partial charge is 0.367 e. The van der Waals surface area contributed by atoms with Crippen LogP contribution in [-0.4, -0.2) is 27.4 Å². The van der Waals surface area contributed by atoms with Gasteiger partial charge in [-0.1, -0.05) is 6.07 Å². The van der Waals surface area contributed by atoms with Crippen LogP contribution in [0.2, 0.25) is 0 Å². The molecule has 2 aromatic heterocycles. The number of pyridine rings is 1. The van der Waals surface area contributed by atoms with Crippen LogP contribution in [0.25, 0.3) is 11.3 Å². The maximum Gasteiger partial charge on any atom is 0.126 e. The molecule has 2 heterocycles. The number of aromatic nitrogens is 3. The zero-order chi connectivity index (χ0) is 16.8. The van der Waals surface area contributed by atoms with E-state index >= 15 is 0 Å². The maximum absolute atomic E-state index is 5.78. The molecule has 132 valence electrons. The normalized spacial score (nSPS) is 26.1. The molecule has 0 radical (unpaired) electrons. The van der Waals surface area contributed by atoms with Crippen LogP contribution in [-0.2, 0) is 0 Å². The third-order valence-corrected chi connectivity index (χ3v) is 6.13. The summed E-state index contributed by atoms with van der Waals surface area (Å²) in [6.07, 6.45) is 11.0. The van der Waals surface area contributed by atoms with E-state index in [1.807, 2.05) is 0 Å². The fourth-order valence-corrected chi connectivity index (χ4v) is 3.98. The van der Waals surface area contributed by atoms with Crippen LogP contribution in [0.1, 0.15) is 62.6 Å². The van der Waals surface area contributed by atoms with E-state index < -0.39 is 0 Å². The highest BCUT2D eigenvalue weighted by atomic mass is 15.3. The van der Waals surface area contributed by atoms with Crippen molar-refractivity contribution in [3.63, 3.8) is 0 Å². The first-order valence-electron chi connectivity index (χ1n) is 9.83. The van der Waals surface area contributed by atoms with E-state index in [0.29, 0.717) is 23.9 Å². The molecule has 3 fully saturated rings. The molecule has 25 heavy (non-hydrogen) atoms. The lowest BCUT2D eigenvalue weighted by Crippen LogP contribution is -2.32. The average molecular weight is 337 g/mol. The third-order valence-electron chi connectivity index (χ3n) is 6.13. The molecule has 0 amide bonds. The molecule has 3 saturated carbocycles. The Morgan fingerprint density at radius 3 is 2.68 bits per heavy atom. The second-order valence-electron chi connectivity index (χ2n) is 8.09. The SMILES string of the molecule is NCC1CC(n2cc(-c3cccc(NC4CCC4)n3)c(C3CC3)n2)C1. The first-order valence-corrected chi connectivity index (χ1v) is 9.83. The molecule has 3 aliphatic carbocycles. The van der Waals surface area contributed by atoms with Gasteiger partial charge in [-0.25, -0.2) is 4.98 Å². The zero-order valence-electron chi connectivity index (χ0n) is 14.7. The lowest BCUT2D eigenvalue weighted by Gasteiger charge is -2.34. The molecular weight excluding hydrogens is 310 g/mol. The second kappa shape index (κ2) is 6.13. The molecule has 0 atom stereocenters. The van der Waals surface area contributed by atoms with Gasteiger partial charge in [0.15, 0.2) is 0 Å². The van der Waals surface area contributed by atoms with Gasteiger partial charge in [0, 0.05) is 23.7 Å². The third kappa shape index (κ3) is 2.95. The maximum atomic E-state index is 5.78. The molecule has 3 N–H and O–H groups in total. The monoisotopic (exact) mass is 337 g/mol. The Balaban J connectivity index is 1.42. The van der Waals surface area contributed by atoms with E-state index in [0.717, 1.165) is 18.1 Å². The molecule has 5 heteroatoms. The molecule has 0 bridgehead atoms. The molecule has 0 unspecified atom stereocenters. The number of rotatable bonds is 6. The standard InChI is InChI=1S/C20H27N5/c21-11-13-9-16(10-13)25-12-17(20(24-25)14-7-8-14)18-5-2-6-19(23-18)22-15-3-1-4-15/h2,5-6,12-16H,1,3-4,7-11,21H2,(H,22,23). The first kappa shape index (κ1) is 15.4. The summed E-state index contributed by atoms with van der Waals surface area (Å²) in [4.78, 5) is 4.90. The second-order valence-corrected chi connectivity index (χ2v) is 8.09. The summed E-state index contributed by atoms with van der Waals surface area (Å²) in [5.41, 5.74) is 9.33. The number of nitrogens with two attached hydrogens (primary N) is 1. The van der Waals surface area contributed by atoms with Crippen LogP contribution in [0.5, 0.6) is 0 Å². The average Bonchev–Trinajstić information content (AvgIpc) is 3.30. The summed E-state index contributed by atoms with van der Waals surface area (Å²) in [5, 5.41) is 8.54. The Labute approximate surface area is 149 Å². The van der Waals surface area contributed by atoms with Crippen molar-refractivity contribution in [2.45, 2.75) is 62.9 Å². The van der Waals surface area contributed by atoms with Gasteiger partial charge in [-0.15, -0.1) is 0 Å². The molecule has 0 aliphatic heterocycles. The highest BCUT2D eigenvalue weighted by Gasteiger charge is 2.34. The van der Waals surface area contributed by atoms with Gasteiger partial charge in [0.25, 0.3) is 0 Å². The lowest BCUT2D eigenvalue weighted by atomic mass is 9.80. The summed E-state index contributed by atoms with van der Waals surface area (Å²) in [5.74, 6) is 2.31. The van der Waals surface area contributed by atoms with Crippen LogP contribution in [0.3, 0.4) is 0 Å². The van der Waals surface area contributed by atoms with Crippen molar-refractivity contribution in [3.8, 4) is 11.3 Å². The van der Waals surface area contributed by atoms with Crippen molar-refractivity contribution in [2.75, 3.05) is 11.9 Å². The summed E-state index contributed by atoms with van der Waals surface area (Å²) < 4.78 is 2.20. The van der Waals surface area contributed by atoms with Crippen molar-refractivity contribution < 1.29 is 0 Å². The van der Waals surface area contributed by atoms with E-state index in [9.17, 15) is 0 Å². The van der Waals surface area contributed by atoms with E-state index in [1.165, 1.54) is 56.2 Å². The predicted octanol–water partition coefficient (Wildman–Crippen LogP) is 3.70. The quantitative estimate of drug-likeness (QED) is 0.843. The number of hydrogen-bond donors (Lipinski definition) is 2. The van der Waals surface area contributed by atoms with Crippen molar-refractivity contribution in [2.24, 2.45) is 11.7 Å². The van der Waals surface area contributed by atoms with Crippen LogP contribution in [0, 0.1) is 5.92 Å². The Kier molecular flexibility index (Phi) is 3.77. The minimum Gasteiger partial charge on any atom is -0.367 e. The summed E-state index contributed by atoms with van der Waals surface area (Å²) in [6, 6.07) is 7.46. The highest BCUT2D eigenvalue weighted by molar-refractivity contribution is 5.64. The van der Waals surface area contributed by atoms with Crippen LogP contribution in [0.15, 0.2) is 24.4 Å². The first-order chi connectivity index (χ1) is 12.3. The van der Waals surface area contributed by atoms with E-state index in [1.54, 1.807) is 0 Å². The molecule has 3 aliphatic rings. The molecule has 0 aromatic carbocycles. The smallest absolute Gasteiger partial charge is 0.126 e. The van der Waals surface area contributed by atoms with Crippen LogP contribution in [0.4, 0.5) is 5.82 Å². The molecule has 5 nitrogen and oxygen atoms in total. The fraction of sp³-hybridized carbons (Fsp3) is 0.600. The Morgan fingerprint density at radius 1 is 1.16 bits per heavy atom. The van der Waals surface area contributed by atoms with Gasteiger partial charge in [-0.05, 0) is 69.5 Å². The fourth-order valence-electron chi connectivity index (χ4n) is 3.98. The summed E-state index contributed by atoms with van der Waals surface area (Å²) in [6.45, 7) is 0.802.